The molecule has 0 bridgehead atoms. The van der Waals surface area contributed by atoms with E-state index >= 15 is 0 Å². The van der Waals surface area contributed by atoms with Gasteiger partial charge in [-0.2, -0.15) is 0 Å². The quantitative estimate of drug-likeness (QED) is 0.501. The van der Waals surface area contributed by atoms with Crippen LogP contribution in [0.2, 0.25) is 0 Å². The molecule has 0 saturated carbocycles. The molecule has 5 nitrogen and oxygen atoms in total. The van der Waals surface area contributed by atoms with E-state index < -0.39 is 18.9 Å². The number of nitrogens with two attached hydrogens (primary N) is 1. The average Bonchev–Trinajstić information content (AvgIpc) is 2.26. The largest absolute Gasteiger partial charge is 0.346 e. The van der Waals surface area contributed by atoms with E-state index in [1.165, 1.54) is 18.3 Å². The Balaban J connectivity index is 2.58. The van der Waals surface area contributed by atoms with E-state index in [9.17, 15) is 13.6 Å². The van der Waals surface area contributed by atoms with Crippen LogP contribution in [0.3, 0.4) is 0 Å². The molecule has 1 aromatic rings. The second-order valence-electron chi connectivity index (χ2n) is 2.68. The van der Waals surface area contributed by atoms with Gasteiger partial charge in [-0.05, 0) is 12.1 Å². The first-order valence-corrected chi connectivity index (χ1v) is 4.12. The van der Waals surface area contributed by atoms with Crippen LogP contribution < -0.4 is 16.6 Å². The summed E-state index contributed by atoms with van der Waals surface area (Å²) in [5.41, 5.74) is 2.48. The molecule has 15 heavy (non-hydrogen) atoms. The Hall–Kier alpha value is -1.76. The first kappa shape index (κ1) is 11.3. The maximum Gasteiger partial charge on any atom is 0.255 e. The Morgan fingerprint density at radius 1 is 1.53 bits per heavy atom. The number of aromatic nitrogens is 1. The van der Waals surface area contributed by atoms with Crippen molar-refractivity contribution in [1.82, 2.24) is 10.3 Å². The molecule has 0 saturated heterocycles. The van der Waals surface area contributed by atoms with Crippen LogP contribution in [0.1, 0.15) is 10.4 Å². The lowest BCUT2D eigenvalue weighted by molar-refractivity contribution is 0.0891. The van der Waals surface area contributed by atoms with Gasteiger partial charge in [0.1, 0.15) is 5.82 Å². The highest BCUT2D eigenvalue weighted by Gasteiger charge is 2.08. The molecule has 1 amide bonds. The molecule has 1 aromatic heterocycles. The van der Waals surface area contributed by atoms with Gasteiger partial charge in [0.2, 0.25) is 0 Å². The predicted octanol–water partition coefficient (Wildman–Crippen LogP) is 0.362. The fourth-order valence-corrected chi connectivity index (χ4v) is 0.885. The van der Waals surface area contributed by atoms with E-state index in [1.54, 1.807) is 0 Å². The zero-order chi connectivity index (χ0) is 11.3. The van der Waals surface area contributed by atoms with Crippen LogP contribution in [0.4, 0.5) is 14.6 Å². The summed E-state index contributed by atoms with van der Waals surface area (Å²) >= 11 is 0. The third kappa shape index (κ3) is 3.47. The van der Waals surface area contributed by atoms with Crippen LogP contribution >= 0.6 is 0 Å². The molecule has 0 unspecified atom stereocenters. The van der Waals surface area contributed by atoms with E-state index in [-0.39, 0.29) is 5.56 Å². The molecule has 0 aliphatic carbocycles. The van der Waals surface area contributed by atoms with Crippen LogP contribution in [-0.2, 0) is 0 Å². The summed E-state index contributed by atoms with van der Waals surface area (Å²) < 4.78 is 23.5. The van der Waals surface area contributed by atoms with Crippen LogP contribution in [-0.4, -0.2) is 23.9 Å². The number of halogens is 2. The van der Waals surface area contributed by atoms with Crippen molar-refractivity contribution >= 4 is 11.7 Å². The second kappa shape index (κ2) is 5.20. The standard InChI is InChI=1S/C8H10F2N4O/c9-6(10)4-13-8(15)5-1-2-7(14-11)12-3-5/h1-3,6H,4,11H2,(H,12,14)(H,13,15). The molecule has 0 fully saturated rings. The van der Waals surface area contributed by atoms with Crippen molar-refractivity contribution < 1.29 is 13.6 Å². The Bertz CT molecular complexity index is 328. The number of carbonyl (C=O) groups is 1. The SMILES string of the molecule is NNc1ccc(C(=O)NCC(F)F)cn1. The third-order valence-corrected chi connectivity index (χ3v) is 1.59. The lowest BCUT2D eigenvalue weighted by Crippen LogP contribution is -2.28. The van der Waals surface area contributed by atoms with Crippen LogP contribution in [0, 0.1) is 0 Å². The molecule has 0 spiro atoms. The molecule has 0 aromatic carbocycles. The Morgan fingerprint density at radius 2 is 2.27 bits per heavy atom. The lowest BCUT2D eigenvalue weighted by atomic mass is 10.2. The average molecular weight is 216 g/mol. The van der Waals surface area contributed by atoms with E-state index in [0.717, 1.165) is 0 Å². The number of hydrogen-bond donors (Lipinski definition) is 3. The van der Waals surface area contributed by atoms with Gasteiger partial charge in [-0.15, -0.1) is 0 Å². The minimum Gasteiger partial charge on any atom is -0.346 e. The highest BCUT2D eigenvalue weighted by Crippen LogP contribution is 2.03. The number of hydrazine groups is 1. The third-order valence-electron chi connectivity index (χ3n) is 1.59. The summed E-state index contributed by atoms with van der Waals surface area (Å²) in [6.07, 6.45) is -1.32. The molecule has 0 atom stereocenters. The smallest absolute Gasteiger partial charge is 0.255 e. The number of nitrogen functional groups attached to an aromatic ring is 1. The number of alkyl halides is 2. The summed E-state index contributed by atoms with van der Waals surface area (Å²) in [6.45, 7) is -0.671. The fraction of sp³-hybridized carbons (Fsp3) is 0.250. The van der Waals surface area contributed by atoms with Crippen molar-refractivity contribution in [1.29, 1.82) is 0 Å². The summed E-state index contributed by atoms with van der Waals surface area (Å²) in [7, 11) is 0. The van der Waals surface area contributed by atoms with Crippen molar-refractivity contribution in [3.8, 4) is 0 Å². The van der Waals surface area contributed by atoms with Gasteiger partial charge in [-0.3, -0.25) is 4.79 Å². The van der Waals surface area contributed by atoms with Crippen molar-refractivity contribution in [2.45, 2.75) is 6.43 Å². The summed E-state index contributed by atoms with van der Waals surface area (Å²) in [5.74, 6) is 4.86. The van der Waals surface area contributed by atoms with Gasteiger partial charge in [0, 0.05) is 6.20 Å². The summed E-state index contributed by atoms with van der Waals surface area (Å²) in [6, 6.07) is 2.90. The maximum absolute atomic E-state index is 11.8. The van der Waals surface area contributed by atoms with Crippen LogP contribution in [0.25, 0.3) is 0 Å². The maximum atomic E-state index is 11.8. The van der Waals surface area contributed by atoms with Crippen LogP contribution in [0.5, 0.6) is 0 Å². The molecule has 0 radical (unpaired) electrons. The Morgan fingerprint density at radius 3 is 2.73 bits per heavy atom. The van der Waals surface area contributed by atoms with Crippen molar-refractivity contribution in [2.75, 3.05) is 12.0 Å². The Kier molecular flexibility index (Phi) is 3.92. The van der Waals surface area contributed by atoms with E-state index in [0.29, 0.717) is 5.82 Å². The van der Waals surface area contributed by atoms with Gasteiger partial charge in [-0.25, -0.2) is 19.6 Å². The minimum absolute atomic E-state index is 0.203. The highest BCUT2D eigenvalue weighted by molar-refractivity contribution is 5.94. The van der Waals surface area contributed by atoms with E-state index in [4.69, 9.17) is 5.84 Å². The molecule has 0 aliphatic heterocycles. The summed E-state index contributed by atoms with van der Waals surface area (Å²) in [4.78, 5) is 15.0. The predicted molar refractivity (Wildman–Crippen MR) is 50.4 cm³/mol. The number of nitrogens with zero attached hydrogens (tertiary/aromatic N) is 1. The minimum atomic E-state index is -2.56. The zero-order valence-corrected chi connectivity index (χ0v) is 7.71. The highest BCUT2D eigenvalue weighted by atomic mass is 19.3. The monoisotopic (exact) mass is 216 g/mol. The van der Waals surface area contributed by atoms with Crippen molar-refractivity contribution in [3.05, 3.63) is 23.9 Å². The molecule has 0 aliphatic rings. The van der Waals surface area contributed by atoms with Gasteiger partial charge in [0.05, 0.1) is 12.1 Å². The number of anilines is 1. The number of nitrogens with one attached hydrogen (secondary N) is 2. The number of pyridine rings is 1. The van der Waals surface area contributed by atoms with E-state index in [2.05, 4.69) is 15.7 Å². The van der Waals surface area contributed by atoms with Crippen LogP contribution in [0.15, 0.2) is 18.3 Å². The number of carbonyl (C=O) groups excluding carboxylic acids is 1. The fourth-order valence-electron chi connectivity index (χ4n) is 0.885. The zero-order valence-electron chi connectivity index (χ0n) is 7.71. The molecule has 4 N–H and O–H groups in total. The van der Waals surface area contributed by atoms with Gasteiger partial charge in [0.15, 0.2) is 0 Å². The molecule has 82 valence electrons. The number of amides is 1. The molecular formula is C8H10F2N4O. The second-order valence-corrected chi connectivity index (χ2v) is 2.68. The Labute approximate surface area is 84.6 Å². The molecule has 1 rings (SSSR count). The van der Waals surface area contributed by atoms with Gasteiger partial charge < -0.3 is 10.7 Å². The summed E-state index contributed by atoms with van der Waals surface area (Å²) in [5, 5.41) is 2.06. The van der Waals surface area contributed by atoms with Gasteiger partial charge in [0.25, 0.3) is 12.3 Å². The number of hydrogen-bond acceptors (Lipinski definition) is 4. The van der Waals surface area contributed by atoms with Gasteiger partial charge >= 0.3 is 0 Å². The normalized spacial score (nSPS) is 10.1. The van der Waals surface area contributed by atoms with E-state index in [1.807, 2.05) is 0 Å². The lowest BCUT2D eigenvalue weighted by Gasteiger charge is -2.04. The number of rotatable bonds is 4. The topological polar surface area (TPSA) is 80.0 Å². The molecule has 1 heterocycles. The first-order chi connectivity index (χ1) is 7.13. The first-order valence-electron chi connectivity index (χ1n) is 4.12. The molecular weight excluding hydrogens is 206 g/mol. The van der Waals surface area contributed by atoms with Crippen molar-refractivity contribution in [2.24, 2.45) is 5.84 Å². The van der Waals surface area contributed by atoms with Crippen molar-refractivity contribution in [3.63, 3.8) is 0 Å². The van der Waals surface area contributed by atoms with Gasteiger partial charge in [-0.1, -0.05) is 0 Å². The molecule has 7 heteroatoms.